The fraction of sp³-hybridized carbons (Fsp3) is 0.333. The number of thiocarbonyl (C=S) groups is 1. The van der Waals surface area contributed by atoms with Gasteiger partial charge in [0, 0.05) is 17.3 Å². The molecule has 0 aromatic heterocycles. The predicted molar refractivity (Wildman–Crippen MR) is 74.1 cm³/mol. The van der Waals surface area contributed by atoms with Gasteiger partial charge in [0.25, 0.3) is 0 Å². The van der Waals surface area contributed by atoms with E-state index in [4.69, 9.17) is 18.0 Å². The largest absolute Gasteiger partial charge is 0.389 e. The number of hydrogen-bond donors (Lipinski definition) is 3. The van der Waals surface area contributed by atoms with E-state index in [0.29, 0.717) is 4.99 Å². The molecule has 4 nitrogen and oxygen atoms in total. The smallest absolute Gasteiger partial charge is 0.239 e. The molecule has 0 heterocycles. The number of nitrogens with one attached hydrogen (secondary N) is 2. The molecule has 0 atom stereocenters. The standard InChI is InChI=1S/C12H17N3OS/c1-8(2)15-11(16)7-14-10-6-4-3-5-9(10)12(13)17/h3-6,8,14H,7H2,1-2H3,(H2,13,17)(H,15,16). The van der Waals surface area contributed by atoms with Crippen LogP contribution in [-0.2, 0) is 4.79 Å². The van der Waals surface area contributed by atoms with Crippen molar-refractivity contribution < 1.29 is 4.79 Å². The number of nitrogens with two attached hydrogens (primary N) is 1. The number of carbonyl (C=O) groups is 1. The summed E-state index contributed by atoms with van der Waals surface area (Å²) in [5.74, 6) is -0.0576. The molecule has 0 aliphatic rings. The topological polar surface area (TPSA) is 67.2 Å². The highest BCUT2D eigenvalue weighted by Crippen LogP contribution is 2.14. The Hall–Kier alpha value is -1.62. The van der Waals surface area contributed by atoms with E-state index in [0.717, 1.165) is 11.3 Å². The fourth-order valence-corrected chi connectivity index (χ4v) is 1.58. The molecule has 0 unspecified atom stereocenters. The van der Waals surface area contributed by atoms with Gasteiger partial charge in [-0.2, -0.15) is 0 Å². The van der Waals surface area contributed by atoms with E-state index in [1.165, 1.54) is 0 Å². The van der Waals surface area contributed by atoms with Gasteiger partial charge >= 0.3 is 0 Å². The van der Waals surface area contributed by atoms with E-state index in [9.17, 15) is 4.79 Å². The zero-order valence-corrected chi connectivity index (χ0v) is 10.8. The summed E-state index contributed by atoms with van der Waals surface area (Å²) in [6.07, 6.45) is 0. The molecule has 0 bridgehead atoms. The van der Waals surface area contributed by atoms with E-state index < -0.39 is 0 Å². The van der Waals surface area contributed by atoms with Crippen LogP contribution < -0.4 is 16.4 Å². The molecule has 1 rings (SSSR count). The van der Waals surface area contributed by atoms with Crippen LogP contribution in [0.25, 0.3) is 0 Å². The maximum atomic E-state index is 11.5. The number of hydrogen-bond acceptors (Lipinski definition) is 3. The van der Waals surface area contributed by atoms with E-state index in [2.05, 4.69) is 10.6 Å². The summed E-state index contributed by atoms with van der Waals surface area (Å²) >= 11 is 4.94. The molecule has 0 saturated heterocycles. The van der Waals surface area contributed by atoms with Crippen molar-refractivity contribution >= 4 is 28.8 Å². The molecule has 1 amide bonds. The van der Waals surface area contributed by atoms with Crippen LogP contribution in [0, 0.1) is 0 Å². The van der Waals surface area contributed by atoms with Crippen molar-refractivity contribution in [3.05, 3.63) is 29.8 Å². The van der Waals surface area contributed by atoms with Gasteiger partial charge in [0.15, 0.2) is 0 Å². The number of para-hydroxylation sites is 1. The molecule has 17 heavy (non-hydrogen) atoms. The maximum absolute atomic E-state index is 11.5. The number of anilines is 1. The third kappa shape index (κ3) is 4.40. The van der Waals surface area contributed by atoms with E-state index in [1.807, 2.05) is 38.1 Å². The second-order valence-corrected chi connectivity index (χ2v) is 4.43. The molecule has 4 N–H and O–H groups in total. The summed E-state index contributed by atoms with van der Waals surface area (Å²) in [5.41, 5.74) is 7.12. The highest BCUT2D eigenvalue weighted by molar-refractivity contribution is 7.80. The predicted octanol–water partition coefficient (Wildman–Crippen LogP) is 1.26. The lowest BCUT2D eigenvalue weighted by molar-refractivity contribution is -0.119. The highest BCUT2D eigenvalue weighted by atomic mass is 32.1. The fourth-order valence-electron chi connectivity index (χ4n) is 1.40. The molecule has 0 saturated carbocycles. The van der Waals surface area contributed by atoms with Crippen molar-refractivity contribution in [2.24, 2.45) is 5.73 Å². The lowest BCUT2D eigenvalue weighted by Gasteiger charge is -2.12. The van der Waals surface area contributed by atoms with Crippen LogP contribution >= 0.6 is 12.2 Å². The molecule has 0 radical (unpaired) electrons. The van der Waals surface area contributed by atoms with Gasteiger partial charge in [-0.05, 0) is 26.0 Å². The van der Waals surface area contributed by atoms with Crippen LogP contribution in [0.3, 0.4) is 0 Å². The third-order valence-electron chi connectivity index (χ3n) is 2.08. The Balaban J connectivity index is 2.63. The zero-order valence-electron chi connectivity index (χ0n) is 9.99. The Bertz CT molecular complexity index is 418. The number of amides is 1. The van der Waals surface area contributed by atoms with Gasteiger partial charge in [0.2, 0.25) is 5.91 Å². The van der Waals surface area contributed by atoms with Crippen LogP contribution in [0.5, 0.6) is 0 Å². The summed E-state index contributed by atoms with van der Waals surface area (Å²) in [6.45, 7) is 4.04. The number of benzene rings is 1. The molecule has 0 aliphatic heterocycles. The number of rotatable bonds is 5. The summed E-state index contributed by atoms with van der Waals surface area (Å²) in [7, 11) is 0. The third-order valence-corrected chi connectivity index (χ3v) is 2.30. The molecule has 92 valence electrons. The number of carbonyl (C=O) groups excluding carboxylic acids is 1. The first kappa shape index (κ1) is 13.4. The summed E-state index contributed by atoms with van der Waals surface area (Å²) in [6, 6.07) is 7.52. The Kier molecular flexibility index (Phi) is 4.90. The first-order valence-corrected chi connectivity index (χ1v) is 5.83. The second kappa shape index (κ2) is 6.20. The summed E-state index contributed by atoms with van der Waals surface area (Å²) in [4.78, 5) is 11.8. The molecule has 0 spiro atoms. The Labute approximate surface area is 107 Å². The maximum Gasteiger partial charge on any atom is 0.239 e. The molecule has 1 aromatic rings. The molecule has 0 fully saturated rings. The Morgan fingerprint density at radius 3 is 2.65 bits per heavy atom. The molecular weight excluding hydrogens is 234 g/mol. The van der Waals surface area contributed by atoms with E-state index >= 15 is 0 Å². The van der Waals surface area contributed by atoms with Crippen molar-refractivity contribution in [2.45, 2.75) is 19.9 Å². The van der Waals surface area contributed by atoms with E-state index in [1.54, 1.807) is 0 Å². The van der Waals surface area contributed by atoms with E-state index in [-0.39, 0.29) is 18.5 Å². The monoisotopic (exact) mass is 251 g/mol. The van der Waals surface area contributed by atoms with Crippen LogP contribution in [0.2, 0.25) is 0 Å². The normalized spacial score (nSPS) is 10.1. The molecule has 5 heteroatoms. The summed E-state index contributed by atoms with van der Waals surface area (Å²) in [5, 5.41) is 5.82. The van der Waals surface area contributed by atoms with Gasteiger partial charge < -0.3 is 16.4 Å². The molecular formula is C12H17N3OS. The van der Waals surface area contributed by atoms with Gasteiger partial charge in [-0.3, -0.25) is 4.79 Å². The minimum atomic E-state index is -0.0576. The first-order valence-electron chi connectivity index (χ1n) is 5.42. The quantitative estimate of drug-likeness (QED) is 0.689. The highest BCUT2D eigenvalue weighted by Gasteiger charge is 2.06. The van der Waals surface area contributed by atoms with Crippen molar-refractivity contribution in [2.75, 3.05) is 11.9 Å². The minimum absolute atomic E-state index is 0.0576. The van der Waals surface area contributed by atoms with Crippen LogP contribution in [0.4, 0.5) is 5.69 Å². The van der Waals surface area contributed by atoms with Crippen molar-refractivity contribution in [3.8, 4) is 0 Å². The van der Waals surface area contributed by atoms with Gasteiger partial charge in [0.1, 0.15) is 4.99 Å². The Morgan fingerprint density at radius 1 is 1.41 bits per heavy atom. The summed E-state index contributed by atoms with van der Waals surface area (Å²) < 4.78 is 0. The average Bonchev–Trinajstić information content (AvgIpc) is 2.25. The minimum Gasteiger partial charge on any atom is -0.389 e. The molecule has 1 aromatic carbocycles. The molecule has 0 aliphatic carbocycles. The zero-order chi connectivity index (χ0) is 12.8. The lowest BCUT2D eigenvalue weighted by Crippen LogP contribution is -2.35. The second-order valence-electron chi connectivity index (χ2n) is 3.99. The van der Waals surface area contributed by atoms with Crippen molar-refractivity contribution in [3.63, 3.8) is 0 Å². The SMILES string of the molecule is CC(C)NC(=O)CNc1ccccc1C(N)=S. The van der Waals surface area contributed by atoms with Crippen molar-refractivity contribution in [1.82, 2.24) is 5.32 Å². The average molecular weight is 251 g/mol. The van der Waals surface area contributed by atoms with Gasteiger partial charge in [-0.15, -0.1) is 0 Å². The first-order chi connectivity index (χ1) is 8.00. The van der Waals surface area contributed by atoms with Crippen molar-refractivity contribution in [1.29, 1.82) is 0 Å². The van der Waals surface area contributed by atoms with Gasteiger partial charge in [-0.25, -0.2) is 0 Å². The van der Waals surface area contributed by atoms with Gasteiger partial charge in [0.05, 0.1) is 6.54 Å². The van der Waals surface area contributed by atoms with Gasteiger partial charge in [-0.1, -0.05) is 24.4 Å². The van der Waals surface area contributed by atoms with Crippen LogP contribution in [-0.4, -0.2) is 23.5 Å². The van der Waals surface area contributed by atoms with Crippen LogP contribution in [0.15, 0.2) is 24.3 Å². The van der Waals surface area contributed by atoms with Crippen LogP contribution in [0.1, 0.15) is 19.4 Å². The Morgan fingerprint density at radius 2 is 2.06 bits per heavy atom. The lowest BCUT2D eigenvalue weighted by atomic mass is 10.2.